The highest BCUT2D eigenvalue weighted by molar-refractivity contribution is 5.83. The fraction of sp³-hybridized carbons (Fsp3) is 0.304. The highest BCUT2D eigenvalue weighted by Gasteiger charge is 2.24. The Hall–Kier alpha value is -3.48. The van der Waals surface area contributed by atoms with Gasteiger partial charge in [0.1, 0.15) is 5.58 Å². The summed E-state index contributed by atoms with van der Waals surface area (Å²) in [5, 5.41) is 0.357. The molecule has 1 atom stereocenters. The van der Waals surface area contributed by atoms with E-state index < -0.39 is 12.1 Å². The first-order valence-electron chi connectivity index (χ1n) is 9.52. The van der Waals surface area contributed by atoms with E-state index in [1.165, 1.54) is 21.1 Å². The van der Waals surface area contributed by atoms with Gasteiger partial charge in [0.2, 0.25) is 11.2 Å². The Labute approximate surface area is 174 Å². The average Bonchev–Trinajstić information content (AvgIpc) is 2.74. The van der Waals surface area contributed by atoms with Crippen LogP contribution in [-0.2, 0) is 9.53 Å². The van der Waals surface area contributed by atoms with Crippen molar-refractivity contribution < 1.29 is 28.2 Å². The van der Waals surface area contributed by atoms with Crippen LogP contribution >= 0.6 is 0 Å². The first kappa shape index (κ1) is 21.2. The molecule has 158 valence electrons. The van der Waals surface area contributed by atoms with Crippen molar-refractivity contribution in [2.24, 2.45) is 0 Å². The minimum atomic E-state index is -0.991. The summed E-state index contributed by atoms with van der Waals surface area (Å²) in [6.07, 6.45) is -0.991. The molecule has 7 nitrogen and oxygen atoms in total. The van der Waals surface area contributed by atoms with Crippen LogP contribution in [0.3, 0.4) is 0 Å². The molecular formula is C23H24O7. The lowest BCUT2D eigenvalue weighted by Gasteiger charge is -2.17. The molecular weight excluding hydrogens is 388 g/mol. The Morgan fingerprint density at radius 2 is 1.80 bits per heavy atom. The number of carbonyl (C=O) groups excluding carboxylic acids is 1. The SMILES string of the molecule is CCOC(=O)[C@H](C)Oc1c(-c2ccc(OC)c(OC)c2)oc2cc(C)ccc2c1=O. The van der Waals surface area contributed by atoms with Gasteiger partial charge in [-0.2, -0.15) is 0 Å². The molecule has 0 fully saturated rings. The molecule has 0 N–H and O–H groups in total. The number of methoxy groups -OCH3 is 2. The molecule has 0 unspecified atom stereocenters. The van der Waals surface area contributed by atoms with Crippen molar-refractivity contribution in [1.29, 1.82) is 0 Å². The fourth-order valence-electron chi connectivity index (χ4n) is 3.04. The summed E-state index contributed by atoms with van der Waals surface area (Å²) in [5.41, 5.74) is 1.52. The van der Waals surface area contributed by atoms with Gasteiger partial charge < -0.3 is 23.4 Å². The van der Waals surface area contributed by atoms with E-state index in [-0.39, 0.29) is 23.5 Å². The Morgan fingerprint density at radius 3 is 2.47 bits per heavy atom. The molecule has 30 heavy (non-hydrogen) atoms. The third kappa shape index (κ3) is 4.10. The molecule has 0 spiro atoms. The molecule has 1 aromatic heterocycles. The van der Waals surface area contributed by atoms with Gasteiger partial charge in [0.05, 0.1) is 26.2 Å². The van der Waals surface area contributed by atoms with Gasteiger partial charge in [0.25, 0.3) is 0 Å². The second kappa shape index (κ2) is 8.90. The summed E-state index contributed by atoms with van der Waals surface area (Å²) in [7, 11) is 3.05. The first-order valence-corrected chi connectivity index (χ1v) is 9.52. The molecule has 3 rings (SSSR count). The first-order chi connectivity index (χ1) is 14.4. The Bertz CT molecular complexity index is 1130. The van der Waals surface area contributed by atoms with Gasteiger partial charge in [-0.1, -0.05) is 6.07 Å². The van der Waals surface area contributed by atoms with E-state index in [1.54, 1.807) is 37.3 Å². The molecule has 0 aliphatic rings. The highest BCUT2D eigenvalue weighted by Crippen LogP contribution is 2.37. The third-order valence-electron chi connectivity index (χ3n) is 4.57. The van der Waals surface area contributed by atoms with Gasteiger partial charge in [-0.05, 0) is 56.7 Å². The third-order valence-corrected chi connectivity index (χ3v) is 4.57. The van der Waals surface area contributed by atoms with E-state index in [4.69, 9.17) is 23.4 Å². The molecule has 0 aliphatic carbocycles. The van der Waals surface area contributed by atoms with E-state index in [1.807, 2.05) is 13.0 Å². The Morgan fingerprint density at radius 1 is 1.07 bits per heavy atom. The maximum absolute atomic E-state index is 13.2. The van der Waals surface area contributed by atoms with Gasteiger partial charge >= 0.3 is 5.97 Å². The lowest BCUT2D eigenvalue weighted by atomic mass is 10.1. The van der Waals surface area contributed by atoms with Gasteiger partial charge in [-0.25, -0.2) is 4.79 Å². The standard InChI is InChI=1S/C23H24O7/c1-6-28-23(25)14(3)29-22-20(24)16-9-7-13(2)11-18(16)30-21(22)15-8-10-17(26-4)19(12-15)27-5/h7-12,14H,6H2,1-5H3/t14-/m0/s1. The molecule has 2 aromatic carbocycles. The molecule has 0 radical (unpaired) electrons. The predicted octanol–water partition coefficient (Wildman–Crippen LogP) is 4.12. The van der Waals surface area contributed by atoms with Crippen molar-refractivity contribution in [2.45, 2.75) is 26.9 Å². The van der Waals surface area contributed by atoms with Crippen LogP contribution in [0.5, 0.6) is 17.2 Å². The van der Waals surface area contributed by atoms with Crippen molar-refractivity contribution in [1.82, 2.24) is 0 Å². The number of carbonyl (C=O) groups is 1. The number of rotatable bonds is 7. The lowest BCUT2D eigenvalue weighted by Crippen LogP contribution is -2.28. The zero-order chi connectivity index (χ0) is 21.8. The summed E-state index contributed by atoms with van der Waals surface area (Å²) >= 11 is 0. The van der Waals surface area contributed by atoms with Gasteiger partial charge in [-0.3, -0.25) is 4.79 Å². The molecule has 0 saturated carbocycles. The zero-order valence-electron chi connectivity index (χ0n) is 17.6. The Balaban J connectivity index is 2.22. The number of ether oxygens (including phenoxy) is 4. The van der Waals surface area contributed by atoms with E-state index in [0.717, 1.165) is 5.56 Å². The summed E-state index contributed by atoms with van der Waals surface area (Å²) in [4.78, 5) is 25.3. The van der Waals surface area contributed by atoms with Crippen LogP contribution in [0.1, 0.15) is 19.4 Å². The predicted molar refractivity (Wildman–Crippen MR) is 112 cm³/mol. The maximum atomic E-state index is 13.2. The van der Waals surface area contributed by atoms with Crippen molar-refractivity contribution in [3.8, 4) is 28.6 Å². The van der Waals surface area contributed by atoms with Crippen molar-refractivity contribution in [3.63, 3.8) is 0 Å². The highest BCUT2D eigenvalue weighted by atomic mass is 16.6. The van der Waals surface area contributed by atoms with Crippen LogP contribution in [0.4, 0.5) is 0 Å². The van der Waals surface area contributed by atoms with Crippen LogP contribution in [0.2, 0.25) is 0 Å². The average molecular weight is 412 g/mol. The van der Waals surface area contributed by atoms with Crippen molar-refractivity contribution >= 4 is 16.9 Å². The van der Waals surface area contributed by atoms with Gasteiger partial charge in [0, 0.05) is 5.56 Å². The quantitative estimate of drug-likeness (QED) is 0.540. The van der Waals surface area contributed by atoms with E-state index in [2.05, 4.69) is 0 Å². The minimum absolute atomic E-state index is 0.0703. The number of hydrogen-bond acceptors (Lipinski definition) is 7. The van der Waals surface area contributed by atoms with Gasteiger partial charge in [-0.15, -0.1) is 0 Å². The second-order valence-corrected chi connectivity index (χ2v) is 6.67. The molecule has 3 aromatic rings. The largest absolute Gasteiger partial charge is 0.493 e. The fourth-order valence-corrected chi connectivity index (χ4v) is 3.04. The van der Waals surface area contributed by atoms with Crippen LogP contribution in [0.25, 0.3) is 22.3 Å². The molecule has 0 aliphatic heterocycles. The van der Waals surface area contributed by atoms with Crippen molar-refractivity contribution in [2.75, 3.05) is 20.8 Å². The monoisotopic (exact) mass is 412 g/mol. The van der Waals surface area contributed by atoms with E-state index >= 15 is 0 Å². The Kier molecular flexibility index (Phi) is 6.30. The molecule has 0 amide bonds. The summed E-state index contributed by atoms with van der Waals surface area (Å²) < 4.78 is 27.5. The summed E-state index contributed by atoms with van der Waals surface area (Å²) in [6, 6.07) is 10.4. The normalized spacial score (nSPS) is 11.8. The lowest BCUT2D eigenvalue weighted by molar-refractivity contribution is -0.150. The topological polar surface area (TPSA) is 84.2 Å². The van der Waals surface area contributed by atoms with Crippen LogP contribution in [-0.4, -0.2) is 32.9 Å². The smallest absolute Gasteiger partial charge is 0.347 e. The molecule has 0 saturated heterocycles. The summed E-state index contributed by atoms with van der Waals surface area (Å²) in [5.74, 6) is 0.544. The maximum Gasteiger partial charge on any atom is 0.347 e. The molecule has 7 heteroatoms. The minimum Gasteiger partial charge on any atom is -0.493 e. The zero-order valence-corrected chi connectivity index (χ0v) is 17.6. The number of hydrogen-bond donors (Lipinski definition) is 0. The number of esters is 1. The van der Waals surface area contributed by atoms with Crippen LogP contribution < -0.4 is 19.6 Å². The summed E-state index contributed by atoms with van der Waals surface area (Å²) in [6.45, 7) is 5.34. The number of fused-ring (bicyclic) bond motifs is 1. The number of benzene rings is 2. The second-order valence-electron chi connectivity index (χ2n) is 6.67. The van der Waals surface area contributed by atoms with Crippen molar-refractivity contribution in [3.05, 3.63) is 52.2 Å². The van der Waals surface area contributed by atoms with Crippen LogP contribution in [0, 0.1) is 6.92 Å². The van der Waals surface area contributed by atoms with Gasteiger partial charge in [0.15, 0.2) is 23.4 Å². The number of aryl methyl sites for hydroxylation is 1. The van der Waals surface area contributed by atoms with E-state index in [0.29, 0.717) is 28.0 Å². The van der Waals surface area contributed by atoms with Crippen LogP contribution in [0.15, 0.2) is 45.6 Å². The molecule has 1 heterocycles. The van der Waals surface area contributed by atoms with E-state index in [9.17, 15) is 9.59 Å². The molecule has 0 bridgehead atoms.